The Morgan fingerprint density at radius 2 is 1.97 bits per heavy atom. The van der Waals surface area contributed by atoms with Crippen molar-refractivity contribution in [1.29, 1.82) is 0 Å². The van der Waals surface area contributed by atoms with Gasteiger partial charge >= 0.3 is 6.01 Å². The van der Waals surface area contributed by atoms with Crippen LogP contribution in [-0.2, 0) is 9.59 Å². The van der Waals surface area contributed by atoms with Crippen molar-refractivity contribution in [2.45, 2.75) is 37.0 Å². The Balaban J connectivity index is 1.34. The maximum Gasteiger partial charge on any atom is 0.322 e. The second-order valence-corrected chi connectivity index (χ2v) is 8.96. The highest BCUT2D eigenvalue weighted by Crippen LogP contribution is 2.32. The summed E-state index contributed by atoms with van der Waals surface area (Å²) in [7, 11) is 0. The van der Waals surface area contributed by atoms with Crippen LogP contribution in [0.5, 0.6) is 5.75 Å². The fourth-order valence-corrected chi connectivity index (χ4v) is 4.13. The molecule has 0 aliphatic carbocycles. The fraction of sp³-hybridized carbons (Fsp3) is 0.333. The van der Waals surface area contributed by atoms with Crippen LogP contribution in [0.25, 0.3) is 0 Å². The molecule has 0 unspecified atom stereocenters. The number of hydrogen-bond acceptors (Lipinski definition) is 7. The smallest absolute Gasteiger partial charge is 0.322 e. The van der Waals surface area contributed by atoms with Crippen molar-refractivity contribution in [3.05, 3.63) is 60.0 Å². The van der Waals surface area contributed by atoms with Crippen molar-refractivity contribution in [3.63, 3.8) is 0 Å². The number of ether oxygens (including phenoxy) is 1. The molecule has 0 spiro atoms. The largest absolute Gasteiger partial charge is 0.483 e. The van der Waals surface area contributed by atoms with E-state index in [-0.39, 0.29) is 36.8 Å². The summed E-state index contributed by atoms with van der Waals surface area (Å²) in [5.74, 6) is 0.640. The predicted octanol–water partition coefficient (Wildman–Crippen LogP) is 4.45. The zero-order chi connectivity index (χ0) is 23.4. The number of para-hydroxylation sites is 1. The Labute approximate surface area is 196 Å². The SMILES string of the molecule is CSc1ccc(N2C[C@H](c3nnc(NC(=O)COc4ccccc4C(C)C)o3)CC2=O)cc1. The zero-order valence-corrected chi connectivity index (χ0v) is 19.6. The highest BCUT2D eigenvalue weighted by atomic mass is 32.2. The number of rotatable bonds is 8. The highest BCUT2D eigenvalue weighted by Gasteiger charge is 2.35. The number of hydrogen-bond donors (Lipinski definition) is 1. The third-order valence-electron chi connectivity index (χ3n) is 5.45. The lowest BCUT2D eigenvalue weighted by molar-refractivity contribution is -0.118. The summed E-state index contributed by atoms with van der Waals surface area (Å²) in [5, 5.41) is 10.5. The summed E-state index contributed by atoms with van der Waals surface area (Å²) in [5.41, 5.74) is 1.87. The molecule has 8 nitrogen and oxygen atoms in total. The van der Waals surface area contributed by atoms with Crippen LogP contribution in [0.4, 0.5) is 11.7 Å². The standard InChI is InChI=1S/C24H26N4O4S/c1-15(2)19-6-4-5-7-20(19)31-14-21(29)25-24-27-26-23(32-24)16-12-22(30)28(13-16)17-8-10-18(33-3)11-9-17/h4-11,15-16H,12-14H2,1-3H3,(H,25,27,29)/t16-/m1/s1. The molecule has 1 N–H and O–H groups in total. The van der Waals surface area contributed by atoms with Crippen molar-refractivity contribution in [1.82, 2.24) is 10.2 Å². The van der Waals surface area contributed by atoms with Gasteiger partial charge in [0.25, 0.3) is 5.91 Å². The molecule has 9 heteroatoms. The number of carbonyl (C=O) groups is 2. The Kier molecular flexibility index (Phi) is 6.98. The van der Waals surface area contributed by atoms with E-state index in [1.807, 2.05) is 54.8 Å². The van der Waals surface area contributed by atoms with Crippen LogP contribution in [0.2, 0.25) is 0 Å². The fourth-order valence-electron chi connectivity index (χ4n) is 3.72. The number of thioether (sulfide) groups is 1. The van der Waals surface area contributed by atoms with Gasteiger partial charge in [0.15, 0.2) is 6.61 Å². The third kappa shape index (κ3) is 5.36. The third-order valence-corrected chi connectivity index (χ3v) is 6.19. The topological polar surface area (TPSA) is 97.6 Å². The molecule has 2 heterocycles. The van der Waals surface area contributed by atoms with Crippen LogP contribution in [0.1, 0.15) is 43.6 Å². The van der Waals surface area contributed by atoms with Gasteiger partial charge in [-0.1, -0.05) is 37.1 Å². The molecule has 1 aromatic heterocycles. The number of anilines is 2. The predicted molar refractivity (Wildman–Crippen MR) is 127 cm³/mol. The molecule has 2 amide bonds. The Hall–Kier alpha value is -3.33. The van der Waals surface area contributed by atoms with E-state index in [4.69, 9.17) is 9.15 Å². The molecule has 1 saturated heterocycles. The molecule has 1 aliphatic heterocycles. The van der Waals surface area contributed by atoms with Crippen LogP contribution in [0, 0.1) is 0 Å². The minimum Gasteiger partial charge on any atom is -0.483 e. The van der Waals surface area contributed by atoms with E-state index in [0.717, 1.165) is 16.1 Å². The minimum atomic E-state index is -0.401. The van der Waals surface area contributed by atoms with E-state index >= 15 is 0 Å². The summed E-state index contributed by atoms with van der Waals surface area (Å²) >= 11 is 1.65. The van der Waals surface area contributed by atoms with E-state index in [1.165, 1.54) is 0 Å². The molecule has 4 rings (SSSR count). The summed E-state index contributed by atoms with van der Waals surface area (Å²) in [6.07, 6.45) is 2.28. The van der Waals surface area contributed by atoms with Crippen LogP contribution in [-0.4, -0.2) is 41.4 Å². The summed E-state index contributed by atoms with van der Waals surface area (Å²) < 4.78 is 11.3. The zero-order valence-electron chi connectivity index (χ0n) is 18.8. The monoisotopic (exact) mass is 466 g/mol. The lowest BCUT2D eigenvalue weighted by Crippen LogP contribution is -2.24. The molecule has 3 aromatic rings. The average Bonchev–Trinajstić information content (AvgIpc) is 3.44. The molecule has 1 fully saturated rings. The lowest BCUT2D eigenvalue weighted by Gasteiger charge is -2.16. The van der Waals surface area contributed by atoms with Gasteiger partial charge in [0.2, 0.25) is 11.8 Å². The first-order valence-electron chi connectivity index (χ1n) is 10.7. The van der Waals surface area contributed by atoms with Crippen molar-refractivity contribution >= 4 is 35.3 Å². The van der Waals surface area contributed by atoms with Gasteiger partial charge in [-0.15, -0.1) is 16.9 Å². The number of benzene rings is 2. The van der Waals surface area contributed by atoms with Crippen LogP contribution in [0.3, 0.4) is 0 Å². The van der Waals surface area contributed by atoms with E-state index in [1.54, 1.807) is 16.7 Å². The molecule has 172 valence electrons. The maximum absolute atomic E-state index is 12.5. The minimum absolute atomic E-state index is 0.00194. The number of aromatic nitrogens is 2. The molecule has 2 aromatic carbocycles. The van der Waals surface area contributed by atoms with Gasteiger partial charge in [0.05, 0.1) is 5.92 Å². The Bertz CT molecular complexity index is 1130. The molecule has 1 atom stereocenters. The van der Waals surface area contributed by atoms with Crippen molar-refractivity contribution < 1.29 is 18.7 Å². The van der Waals surface area contributed by atoms with Crippen molar-refractivity contribution in [3.8, 4) is 5.75 Å². The van der Waals surface area contributed by atoms with E-state index in [9.17, 15) is 9.59 Å². The van der Waals surface area contributed by atoms with Crippen LogP contribution < -0.4 is 15.0 Å². The Morgan fingerprint density at radius 3 is 2.70 bits per heavy atom. The van der Waals surface area contributed by atoms with E-state index in [2.05, 4.69) is 29.4 Å². The van der Waals surface area contributed by atoms with E-state index < -0.39 is 5.91 Å². The first-order valence-corrected chi connectivity index (χ1v) is 12.0. The van der Waals surface area contributed by atoms with E-state index in [0.29, 0.717) is 18.2 Å². The van der Waals surface area contributed by atoms with Crippen LogP contribution >= 0.6 is 11.8 Å². The van der Waals surface area contributed by atoms with Crippen LogP contribution in [0.15, 0.2) is 57.8 Å². The van der Waals surface area contributed by atoms with Gasteiger partial charge in [0.1, 0.15) is 5.75 Å². The molecule has 1 aliphatic rings. The molecular formula is C24H26N4O4S. The second kappa shape index (κ2) is 10.1. The van der Waals surface area contributed by atoms with Gasteiger partial charge in [-0.3, -0.25) is 14.9 Å². The first-order chi connectivity index (χ1) is 15.9. The van der Waals surface area contributed by atoms with Crippen molar-refractivity contribution in [2.75, 3.05) is 29.6 Å². The van der Waals surface area contributed by atoms with Gasteiger partial charge in [-0.25, -0.2) is 0 Å². The average molecular weight is 467 g/mol. The lowest BCUT2D eigenvalue weighted by atomic mass is 10.0. The Morgan fingerprint density at radius 1 is 1.21 bits per heavy atom. The number of nitrogens with zero attached hydrogens (tertiary/aromatic N) is 3. The molecule has 0 radical (unpaired) electrons. The van der Waals surface area contributed by atoms with Gasteiger partial charge in [-0.2, -0.15) is 0 Å². The summed E-state index contributed by atoms with van der Waals surface area (Å²) in [6.45, 7) is 4.40. The van der Waals surface area contributed by atoms with Gasteiger partial charge < -0.3 is 14.1 Å². The number of amides is 2. The first kappa shape index (κ1) is 22.8. The van der Waals surface area contributed by atoms with Gasteiger partial charge in [0, 0.05) is 23.5 Å². The second-order valence-electron chi connectivity index (χ2n) is 8.08. The normalized spacial score (nSPS) is 15.8. The summed E-state index contributed by atoms with van der Waals surface area (Å²) in [6, 6.07) is 15.5. The quantitative estimate of drug-likeness (QED) is 0.490. The highest BCUT2D eigenvalue weighted by molar-refractivity contribution is 7.98. The maximum atomic E-state index is 12.5. The van der Waals surface area contributed by atoms with Crippen molar-refractivity contribution in [2.24, 2.45) is 0 Å². The molecular weight excluding hydrogens is 440 g/mol. The number of carbonyl (C=O) groups excluding carboxylic acids is 2. The van der Waals surface area contributed by atoms with Gasteiger partial charge in [-0.05, 0) is 48.1 Å². The molecule has 0 bridgehead atoms. The molecule has 0 saturated carbocycles. The molecule has 33 heavy (non-hydrogen) atoms. The number of nitrogens with one attached hydrogen (secondary N) is 1. The summed E-state index contributed by atoms with van der Waals surface area (Å²) in [4.78, 5) is 27.7.